The molecule has 0 aliphatic carbocycles. The highest BCUT2D eigenvalue weighted by atomic mass is 16.1. The van der Waals surface area contributed by atoms with E-state index in [1.807, 2.05) is 81.4 Å². The van der Waals surface area contributed by atoms with Gasteiger partial charge in [-0.15, -0.1) is 0 Å². The molecule has 0 aliphatic rings. The number of H-pyrrole nitrogens is 1. The van der Waals surface area contributed by atoms with E-state index >= 15 is 0 Å². The molecule has 3 aromatic carbocycles. The summed E-state index contributed by atoms with van der Waals surface area (Å²) >= 11 is 0. The molecule has 31 heavy (non-hydrogen) atoms. The number of benzene rings is 3. The van der Waals surface area contributed by atoms with Crippen molar-refractivity contribution in [1.82, 2.24) is 14.8 Å². The first-order valence-electron chi connectivity index (χ1n) is 10.2. The molecule has 0 spiro atoms. The van der Waals surface area contributed by atoms with Crippen molar-refractivity contribution in [3.63, 3.8) is 0 Å². The number of fused-ring (bicyclic) bond motifs is 2. The van der Waals surface area contributed by atoms with Gasteiger partial charge in [-0.2, -0.15) is 0 Å². The molecule has 5 heteroatoms. The van der Waals surface area contributed by atoms with Crippen molar-refractivity contribution in [2.75, 3.05) is 0 Å². The van der Waals surface area contributed by atoms with Gasteiger partial charge in [0.25, 0.3) is 5.56 Å². The number of aliphatic imine (C=N–C) groups is 1. The summed E-state index contributed by atoms with van der Waals surface area (Å²) in [5, 5.41) is 5.12. The molecule has 5 nitrogen and oxygen atoms in total. The van der Waals surface area contributed by atoms with E-state index in [-0.39, 0.29) is 5.56 Å². The molecular formula is C26H22N4O. The highest BCUT2D eigenvalue weighted by Crippen LogP contribution is 2.32. The Hall–Kier alpha value is -3.99. The summed E-state index contributed by atoms with van der Waals surface area (Å²) in [7, 11) is 0. The van der Waals surface area contributed by atoms with Gasteiger partial charge in [0, 0.05) is 22.7 Å². The van der Waals surface area contributed by atoms with Crippen LogP contribution in [0.5, 0.6) is 0 Å². The average molecular weight is 406 g/mol. The van der Waals surface area contributed by atoms with Gasteiger partial charge in [-0.3, -0.25) is 14.9 Å². The van der Waals surface area contributed by atoms with E-state index < -0.39 is 0 Å². The molecule has 0 saturated carbocycles. The fourth-order valence-corrected chi connectivity index (χ4v) is 4.02. The normalized spacial score (nSPS) is 11.7. The predicted octanol–water partition coefficient (Wildman–Crippen LogP) is 5.54. The second-order valence-corrected chi connectivity index (χ2v) is 7.83. The minimum Gasteiger partial charge on any atom is -0.295 e. The van der Waals surface area contributed by atoms with Crippen LogP contribution in [0.2, 0.25) is 0 Å². The Kier molecular flexibility index (Phi) is 4.51. The Bertz CT molecular complexity index is 1480. The van der Waals surface area contributed by atoms with Crippen LogP contribution in [0.25, 0.3) is 27.5 Å². The highest BCUT2D eigenvalue weighted by molar-refractivity contribution is 6.07. The third-order valence-corrected chi connectivity index (χ3v) is 5.59. The maximum absolute atomic E-state index is 13.2. The van der Waals surface area contributed by atoms with Crippen molar-refractivity contribution in [2.24, 2.45) is 4.99 Å². The highest BCUT2D eigenvalue weighted by Gasteiger charge is 2.13. The molecule has 0 bridgehead atoms. The Balaban J connectivity index is 1.67. The van der Waals surface area contributed by atoms with E-state index in [9.17, 15) is 4.79 Å². The summed E-state index contributed by atoms with van der Waals surface area (Å²) in [5.41, 5.74) is 6.84. The van der Waals surface area contributed by atoms with Crippen LogP contribution >= 0.6 is 0 Å². The van der Waals surface area contributed by atoms with Gasteiger partial charge in [-0.05, 0) is 44.5 Å². The molecule has 0 atom stereocenters. The molecule has 2 heterocycles. The van der Waals surface area contributed by atoms with Crippen LogP contribution in [0, 0.1) is 20.8 Å². The maximum Gasteiger partial charge on any atom is 0.280 e. The number of para-hydroxylation sites is 2. The number of rotatable bonds is 3. The lowest BCUT2D eigenvalue weighted by Gasteiger charge is -2.07. The van der Waals surface area contributed by atoms with Crippen molar-refractivity contribution in [2.45, 2.75) is 20.8 Å². The van der Waals surface area contributed by atoms with Crippen molar-refractivity contribution < 1.29 is 0 Å². The van der Waals surface area contributed by atoms with Crippen molar-refractivity contribution >= 4 is 33.7 Å². The summed E-state index contributed by atoms with van der Waals surface area (Å²) in [4.78, 5) is 22.7. The minimum absolute atomic E-state index is 0.115. The third kappa shape index (κ3) is 3.24. The predicted molar refractivity (Wildman–Crippen MR) is 127 cm³/mol. The molecule has 5 aromatic rings. The van der Waals surface area contributed by atoms with Gasteiger partial charge in [0.05, 0.1) is 28.0 Å². The van der Waals surface area contributed by atoms with E-state index in [2.05, 4.69) is 11.2 Å². The van der Waals surface area contributed by atoms with Crippen molar-refractivity contribution in [3.05, 3.63) is 99.5 Å². The fraction of sp³-hybridized carbons (Fsp3) is 0.115. The van der Waals surface area contributed by atoms with Crippen LogP contribution in [0.1, 0.15) is 22.4 Å². The van der Waals surface area contributed by atoms with Gasteiger partial charge < -0.3 is 0 Å². The largest absolute Gasteiger partial charge is 0.295 e. The molecule has 5 rings (SSSR count). The van der Waals surface area contributed by atoms with E-state index in [0.29, 0.717) is 5.56 Å². The summed E-state index contributed by atoms with van der Waals surface area (Å²) in [6, 6.07) is 21.9. The number of aromatic nitrogens is 3. The Morgan fingerprint density at radius 2 is 1.55 bits per heavy atom. The zero-order chi connectivity index (χ0) is 21.5. The standard InChI is InChI=1S/C26H22N4O/c1-16-12-13-24(17(2)14-16)30-26(31)21(18(3)29-30)15-27-25-19-8-4-6-10-22(19)28-23-11-7-5-9-20(23)25/h4-15,29H,1-3H3. The first-order valence-corrected chi connectivity index (χ1v) is 10.2. The molecule has 0 saturated heterocycles. The molecule has 152 valence electrons. The van der Waals surface area contributed by atoms with Gasteiger partial charge in [-0.1, -0.05) is 54.1 Å². The molecule has 0 radical (unpaired) electrons. The summed E-state index contributed by atoms with van der Waals surface area (Å²) in [6.45, 7) is 5.94. The topological polar surface area (TPSA) is 63.0 Å². The van der Waals surface area contributed by atoms with Crippen LogP contribution in [-0.4, -0.2) is 21.0 Å². The first-order chi connectivity index (χ1) is 15.0. The molecule has 0 unspecified atom stereocenters. The number of pyridine rings is 1. The van der Waals surface area contributed by atoms with Crippen LogP contribution in [-0.2, 0) is 0 Å². The number of hydrogen-bond acceptors (Lipinski definition) is 3. The average Bonchev–Trinajstić information content (AvgIpc) is 3.04. The van der Waals surface area contributed by atoms with E-state index in [1.165, 1.54) is 0 Å². The van der Waals surface area contributed by atoms with Crippen LogP contribution < -0.4 is 5.56 Å². The van der Waals surface area contributed by atoms with Gasteiger partial charge in [0.15, 0.2) is 0 Å². The monoisotopic (exact) mass is 406 g/mol. The smallest absolute Gasteiger partial charge is 0.280 e. The quantitative estimate of drug-likeness (QED) is 0.316. The zero-order valence-electron chi connectivity index (χ0n) is 17.7. The van der Waals surface area contributed by atoms with Crippen molar-refractivity contribution in [1.29, 1.82) is 0 Å². The maximum atomic E-state index is 13.2. The Labute approximate surface area is 179 Å². The SMILES string of the molecule is Cc1ccc(-n2[nH]c(C)c(C=Nc3c4ccccc4nc4ccccc34)c2=O)c(C)c1. The zero-order valence-corrected chi connectivity index (χ0v) is 17.7. The number of nitrogens with one attached hydrogen (secondary N) is 1. The molecule has 2 aromatic heterocycles. The number of nitrogens with zero attached hydrogens (tertiary/aromatic N) is 3. The molecule has 0 amide bonds. The number of hydrogen-bond donors (Lipinski definition) is 1. The Morgan fingerprint density at radius 3 is 2.19 bits per heavy atom. The summed E-state index contributed by atoms with van der Waals surface area (Å²) in [5.74, 6) is 0. The second kappa shape index (κ2) is 7.36. The second-order valence-electron chi connectivity index (χ2n) is 7.83. The summed E-state index contributed by atoms with van der Waals surface area (Å²) in [6.07, 6.45) is 1.67. The van der Waals surface area contributed by atoms with Crippen LogP contribution in [0.15, 0.2) is 76.5 Å². The molecular weight excluding hydrogens is 384 g/mol. The minimum atomic E-state index is -0.115. The lowest BCUT2D eigenvalue weighted by Crippen LogP contribution is -2.18. The van der Waals surface area contributed by atoms with E-state index in [1.54, 1.807) is 10.9 Å². The van der Waals surface area contributed by atoms with Crippen LogP contribution in [0.3, 0.4) is 0 Å². The summed E-state index contributed by atoms with van der Waals surface area (Å²) < 4.78 is 1.59. The fourth-order valence-electron chi connectivity index (χ4n) is 4.02. The first kappa shape index (κ1) is 19.0. The third-order valence-electron chi connectivity index (χ3n) is 5.59. The molecule has 0 fully saturated rings. The van der Waals surface area contributed by atoms with Gasteiger partial charge >= 0.3 is 0 Å². The lowest BCUT2D eigenvalue weighted by molar-refractivity contribution is 0.828. The number of aromatic amines is 1. The van der Waals surface area contributed by atoms with Crippen LogP contribution in [0.4, 0.5) is 5.69 Å². The van der Waals surface area contributed by atoms with Gasteiger partial charge in [-0.25, -0.2) is 9.67 Å². The van der Waals surface area contributed by atoms with E-state index in [0.717, 1.165) is 50.0 Å². The molecule has 1 N–H and O–H groups in total. The van der Waals surface area contributed by atoms with Gasteiger partial charge in [0.2, 0.25) is 0 Å². The van der Waals surface area contributed by atoms with E-state index in [4.69, 9.17) is 9.98 Å². The molecule has 0 aliphatic heterocycles. The lowest BCUT2D eigenvalue weighted by atomic mass is 10.1. The van der Waals surface area contributed by atoms with Crippen molar-refractivity contribution in [3.8, 4) is 5.69 Å². The van der Waals surface area contributed by atoms with Gasteiger partial charge in [0.1, 0.15) is 0 Å². The number of aryl methyl sites for hydroxylation is 3. The Morgan fingerprint density at radius 1 is 0.903 bits per heavy atom.